The maximum absolute atomic E-state index is 9.97. The highest BCUT2D eigenvalue weighted by Gasteiger charge is 2.26. The Morgan fingerprint density at radius 1 is 1.15 bits per heavy atom. The van der Waals surface area contributed by atoms with E-state index in [9.17, 15) is 5.11 Å². The minimum atomic E-state index is 0.226. The van der Waals surface area contributed by atoms with Crippen LogP contribution >= 0.6 is 0 Å². The van der Waals surface area contributed by atoms with Gasteiger partial charge in [0.05, 0.1) is 0 Å². The normalized spacial score (nSPS) is 18.1. The maximum atomic E-state index is 9.97. The van der Waals surface area contributed by atoms with E-state index < -0.39 is 0 Å². The molecule has 0 spiro atoms. The fourth-order valence-electron chi connectivity index (χ4n) is 3.09. The molecule has 1 aliphatic rings. The van der Waals surface area contributed by atoms with Crippen LogP contribution in [-0.2, 0) is 6.42 Å². The topological polar surface area (TPSA) is 32.3 Å². The van der Waals surface area contributed by atoms with Crippen LogP contribution in [0.25, 0.3) is 0 Å². The van der Waals surface area contributed by atoms with Gasteiger partial charge in [0.2, 0.25) is 0 Å². The molecule has 0 amide bonds. The van der Waals surface area contributed by atoms with Gasteiger partial charge in [-0.1, -0.05) is 49.4 Å². The summed E-state index contributed by atoms with van der Waals surface area (Å²) in [6.07, 6.45) is 2.15. The first-order valence-corrected chi connectivity index (χ1v) is 7.38. The molecule has 2 nitrogen and oxygen atoms in total. The molecule has 2 heteroatoms. The number of para-hydroxylation sites is 1. The number of fused-ring (bicyclic) bond motifs is 1. The molecular formula is C18H21NO. The van der Waals surface area contributed by atoms with Crippen LogP contribution in [0.2, 0.25) is 0 Å². The Morgan fingerprint density at radius 3 is 2.65 bits per heavy atom. The number of nitrogens with one attached hydrogen (secondary N) is 1. The molecule has 0 saturated heterocycles. The highest BCUT2D eigenvalue weighted by Crippen LogP contribution is 2.35. The highest BCUT2D eigenvalue weighted by atomic mass is 16.3. The van der Waals surface area contributed by atoms with E-state index in [0.29, 0.717) is 11.7 Å². The van der Waals surface area contributed by atoms with Gasteiger partial charge in [0, 0.05) is 24.1 Å². The highest BCUT2D eigenvalue weighted by molar-refractivity contribution is 5.40. The van der Waals surface area contributed by atoms with Crippen molar-refractivity contribution in [2.24, 2.45) is 0 Å². The van der Waals surface area contributed by atoms with Gasteiger partial charge in [-0.3, -0.25) is 0 Å². The smallest absolute Gasteiger partial charge is 0.120 e. The third-order valence-electron chi connectivity index (χ3n) is 4.29. The van der Waals surface area contributed by atoms with Crippen molar-refractivity contribution < 1.29 is 5.11 Å². The summed E-state index contributed by atoms with van der Waals surface area (Å²) in [5.41, 5.74) is 3.96. The van der Waals surface area contributed by atoms with Crippen LogP contribution in [0.5, 0.6) is 5.75 Å². The molecule has 104 valence electrons. The van der Waals surface area contributed by atoms with Gasteiger partial charge in [0.1, 0.15) is 5.75 Å². The summed E-state index contributed by atoms with van der Waals surface area (Å²) in [5, 5.41) is 13.6. The van der Waals surface area contributed by atoms with Gasteiger partial charge >= 0.3 is 0 Å². The summed E-state index contributed by atoms with van der Waals surface area (Å²) in [6.45, 7) is 3.13. The number of hydrogen-bond donors (Lipinski definition) is 2. The van der Waals surface area contributed by atoms with Gasteiger partial charge in [-0.15, -0.1) is 0 Å². The van der Waals surface area contributed by atoms with Crippen molar-refractivity contribution in [3.05, 3.63) is 65.2 Å². The van der Waals surface area contributed by atoms with E-state index in [2.05, 4.69) is 36.5 Å². The van der Waals surface area contributed by atoms with Crippen LogP contribution in [0.1, 0.15) is 42.0 Å². The lowest BCUT2D eigenvalue weighted by molar-refractivity contribution is 0.425. The van der Waals surface area contributed by atoms with Gasteiger partial charge in [-0.2, -0.15) is 0 Å². The van der Waals surface area contributed by atoms with Crippen LogP contribution in [0, 0.1) is 0 Å². The van der Waals surface area contributed by atoms with Crippen LogP contribution in [-0.4, -0.2) is 11.7 Å². The summed E-state index contributed by atoms with van der Waals surface area (Å²) in [6, 6.07) is 16.5. The lowest BCUT2D eigenvalue weighted by atomic mass is 9.77. The Bertz CT molecular complexity index is 593. The first-order valence-electron chi connectivity index (χ1n) is 7.38. The molecule has 1 aliphatic carbocycles. The van der Waals surface area contributed by atoms with Crippen LogP contribution in [0.15, 0.2) is 48.5 Å². The lowest BCUT2D eigenvalue weighted by Crippen LogP contribution is -2.31. The van der Waals surface area contributed by atoms with E-state index in [1.807, 2.05) is 18.2 Å². The van der Waals surface area contributed by atoms with E-state index >= 15 is 0 Å². The Balaban J connectivity index is 1.65. The molecule has 2 N–H and O–H groups in total. The van der Waals surface area contributed by atoms with Crippen LogP contribution in [0.3, 0.4) is 0 Å². The molecule has 2 atom stereocenters. The Kier molecular flexibility index (Phi) is 3.75. The van der Waals surface area contributed by atoms with E-state index in [0.717, 1.165) is 18.5 Å². The fourth-order valence-corrected chi connectivity index (χ4v) is 3.09. The van der Waals surface area contributed by atoms with Gasteiger partial charge in [0.15, 0.2) is 0 Å². The molecule has 0 aromatic heterocycles. The van der Waals surface area contributed by atoms with Crippen molar-refractivity contribution in [2.75, 3.05) is 6.54 Å². The van der Waals surface area contributed by atoms with E-state index in [1.54, 1.807) is 6.07 Å². The van der Waals surface area contributed by atoms with Gasteiger partial charge in [0.25, 0.3) is 0 Å². The van der Waals surface area contributed by atoms with Crippen molar-refractivity contribution >= 4 is 0 Å². The predicted molar refractivity (Wildman–Crippen MR) is 82.0 cm³/mol. The zero-order valence-electron chi connectivity index (χ0n) is 11.8. The van der Waals surface area contributed by atoms with Gasteiger partial charge < -0.3 is 10.4 Å². The molecule has 2 aromatic carbocycles. The van der Waals surface area contributed by atoms with Crippen LogP contribution < -0.4 is 5.32 Å². The van der Waals surface area contributed by atoms with Crippen molar-refractivity contribution in [3.63, 3.8) is 0 Å². The summed E-state index contributed by atoms with van der Waals surface area (Å²) in [7, 11) is 0. The Hall–Kier alpha value is -1.80. The monoisotopic (exact) mass is 267 g/mol. The van der Waals surface area contributed by atoms with Crippen molar-refractivity contribution in [3.8, 4) is 5.75 Å². The van der Waals surface area contributed by atoms with Crippen molar-refractivity contribution in [1.82, 2.24) is 5.32 Å². The second-order valence-electron chi connectivity index (χ2n) is 5.53. The average molecular weight is 267 g/mol. The quantitative estimate of drug-likeness (QED) is 0.864. The second kappa shape index (κ2) is 5.68. The average Bonchev–Trinajstić information content (AvgIpc) is 2.45. The van der Waals surface area contributed by atoms with Crippen molar-refractivity contribution in [2.45, 2.75) is 31.7 Å². The van der Waals surface area contributed by atoms with Gasteiger partial charge in [-0.05, 0) is 30.0 Å². The molecule has 2 aromatic rings. The fraction of sp³-hybridized carbons (Fsp3) is 0.333. The predicted octanol–water partition coefficient (Wildman–Crippen LogP) is 3.77. The molecule has 0 radical (unpaired) electrons. The molecule has 0 aliphatic heterocycles. The molecule has 2 unspecified atom stereocenters. The van der Waals surface area contributed by atoms with E-state index in [-0.39, 0.29) is 6.04 Å². The maximum Gasteiger partial charge on any atom is 0.120 e. The molecule has 3 rings (SSSR count). The molecule has 0 fully saturated rings. The number of phenols is 1. The number of hydrogen-bond acceptors (Lipinski definition) is 2. The standard InChI is InChI=1S/C18H21NO/c1-2-17(16-9-5-6-10-18(16)20)19-12-14-11-13-7-3-4-8-15(13)14/h3-10,14,17,19-20H,2,11-12H2,1H3. The summed E-state index contributed by atoms with van der Waals surface area (Å²) in [4.78, 5) is 0. The number of benzene rings is 2. The summed E-state index contributed by atoms with van der Waals surface area (Å²) >= 11 is 0. The zero-order chi connectivity index (χ0) is 13.9. The molecule has 0 heterocycles. The molecule has 20 heavy (non-hydrogen) atoms. The molecule has 0 saturated carbocycles. The number of aromatic hydroxyl groups is 1. The molecular weight excluding hydrogens is 246 g/mol. The lowest BCUT2D eigenvalue weighted by Gasteiger charge is -2.32. The van der Waals surface area contributed by atoms with E-state index in [4.69, 9.17) is 0 Å². The summed E-state index contributed by atoms with van der Waals surface area (Å²) < 4.78 is 0. The zero-order valence-corrected chi connectivity index (χ0v) is 11.8. The summed E-state index contributed by atoms with van der Waals surface area (Å²) in [5.74, 6) is 1.01. The SMILES string of the molecule is CCC(NCC1Cc2ccccc21)c1ccccc1O. The van der Waals surface area contributed by atoms with Gasteiger partial charge in [-0.25, -0.2) is 0 Å². The minimum Gasteiger partial charge on any atom is -0.508 e. The Morgan fingerprint density at radius 2 is 1.90 bits per heavy atom. The number of rotatable bonds is 5. The third kappa shape index (κ3) is 2.44. The first-order chi connectivity index (χ1) is 9.79. The minimum absolute atomic E-state index is 0.226. The molecule has 0 bridgehead atoms. The van der Waals surface area contributed by atoms with Crippen molar-refractivity contribution in [1.29, 1.82) is 0 Å². The number of phenolic OH excluding ortho intramolecular Hbond substituents is 1. The van der Waals surface area contributed by atoms with E-state index in [1.165, 1.54) is 17.5 Å². The Labute approximate surface area is 120 Å². The third-order valence-corrected chi connectivity index (χ3v) is 4.29. The second-order valence-corrected chi connectivity index (χ2v) is 5.53. The largest absolute Gasteiger partial charge is 0.508 e. The van der Waals surface area contributed by atoms with Crippen LogP contribution in [0.4, 0.5) is 0 Å². The first kappa shape index (κ1) is 13.2.